The number of hydrogen-bond acceptors (Lipinski definition) is 10. The van der Waals surface area contributed by atoms with Crippen LogP contribution in [0.3, 0.4) is 0 Å². The van der Waals surface area contributed by atoms with E-state index in [1.54, 1.807) is 0 Å². The molecule has 31 heavy (non-hydrogen) atoms. The van der Waals surface area contributed by atoms with Crippen LogP contribution < -0.4 is 0 Å². The van der Waals surface area contributed by atoms with Crippen LogP contribution >= 0.6 is 0 Å². The number of ether oxygens (including phenoxy) is 7. The summed E-state index contributed by atoms with van der Waals surface area (Å²) in [4.78, 5) is 0. The van der Waals surface area contributed by atoms with Gasteiger partial charge in [0, 0.05) is 19.8 Å². The Morgan fingerprint density at radius 3 is 1.74 bits per heavy atom. The van der Waals surface area contributed by atoms with Crippen molar-refractivity contribution in [2.24, 2.45) is 5.92 Å². The fourth-order valence-corrected chi connectivity index (χ4v) is 2.85. The molecule has 4 aliphatic heterocycles. The Labute approximate surface area is 185 Å². The number of aliphatic hydroxyl groups excluding tert-OH is 3. The van der Waals surface area contributed by atoms with Gasteiger partial charge >= 0.3 is 0 Å². The van der Waals surface area contributed by atoms with Crippen LogP contribution in [0.25, 0.3) is 0 Å². The van der Waals surface area contributed by atoms with E-state index in [1.165, 1.54) is 0 Å². The van der Waals surface area contributed by atoms with Crippen LogP contribution in [0.1, 0.15) is 40.0 Å². The summed E-state index contributed by atoms with van der Waals surface area (Å²) in [5.74, 6) is 0.185. The standard InChI is InChI=1S/C7H14O2.C6H12O2.2C4H8O3/c1-4-6-5-8-7(2,3)9-6;7-5-6-1-3-8-4-2-6;5-4-1-6-3-7-2-4;5-1-4-2-6-3-7-4/h6H,4-5H2,1-3H3;6-7H,1-5H2;2*4-5H,1-3H2. The van der Waals surface area contributed by atoms with Gasteiger partial charge in [0.15, 0.2) is 5.79 Å². The Balaban J connectivity index is 0.000000208. The summed E-state index contributed by atoms with van der Waals surface area (Å²) in [7, 11) is 0. The highest BCUT2D eigenvalue weighted by Crippen LogP contribution is 2.23. The fraction of sp³-hybridized carbons (Fsp3) is 1.00. The molecule has 10 heteroatoms. The van der Waals surface area contributed by atoms with E-state index in [0.29, 0.717) is 52.0 Å². The van der Waals surface area contributed by atoms with Crippen molar-refractivity contribution in [3.8, 4) is 0 Å². The Bertz CT molecular complexity index is 405. The third-order valence-electron chi connectivity index (χ3n) is 4.80. The second-order valence-electron chi connectivity index (χ2n) is 8.07. The van der Waals surface area contributed by atoms with Gasteiger partial charge in [-0.05, 0) is 39.0 Å². The van der Waals surface area contributed by atoms with Crippen LogP contribution in [0.4, 0.5) is 0 Å². The van der Waals surface area contributed by atoms with Crippen molar-refractivity contribution in [2.45, 2.75) is 64.1 Å². The highest BCUT2D eigenvalue weighted by atomic mass is 16.7. The maximum atomic E-state index is 8.66. The number of rotatable bonds is 3. The Morgan fingerprint density at radius 2 is 1.45 bits per heavy atom. The average Bonchev–Trinajstić information content (AvgIpc) is 3.45. The summed E-state index contributed by atoms with van der Waals surface area (Å²) in [5.41, 5.74) is 0. The molecule has 0 aliphatic carbocycles. The van der Waals surface area contributed by atoms with Crippen molar-refractivity contribution < 1.29 is 48.5 Å². The highest BCUT2D eigenvalue weighted by molar-refractivity contribution is 4.68. The summed E-state index contributed by atoms with van der Waals surface area (Å²) < 4.78 is 34.9. The molecule has 0 bridgehead atoms. The third-order valence-corrected chi connectivity index (χ3v) is 4.80. The van der Waals surface area contributed by atoms with E-state index in [2.05, 4.69) is 6.92 Å². The molecule has 186 valence electrons. The molecule has 4 saturated heterocycles. The first kappa shape index (κ1) is 28.6. The minimum absolute atomic E-state index is 0.0694. The van der Waals surface area contributed by atoms with Crippen molar-refractivity contribution in [3.05, 3.63) is 0 Å². The average molecular weight is 455 g/mol. The van der Waals surface area contributed by atoms with Gasteiger partial charge in [0.05, 0.1) is 39.1 Å². The largest absolute Gasteiger partial charge is 0.396 e. The normalized spacial score (nSPS) is 28.5. The molecule has 10 nitrogen and oxygen atoms in total. The monoisotopic (exact) mass is 454 g/mol. The molecular weight excluding hydrogens is 412 g/mol. The molecule has 0 amide bonds. The minimum Gasteiger partial charge on any atom is -0.396 e. The summed E-state index contributed by atoms with van der Waals surface area (Å²) in [6, 6.07) is 0. The van der Waals surface area contributed by atoms with Gasteiger partial charge in [0.1, 0.15) is 25.8 Å². The Kier molecular flexibility index (Phi) is 15.8. The van der Waals surface area contributed by atoms with Crippen molar-refractivity contribution in [1.29, 1.82) is 0 Å². The zero-order valence-corrected chi connectivity index (χ0v) is 19.2. The topological polar surface area (TPSA) is 125 Å². The number of aliphatic hydroxyl groups is 3. The summed E-state index contributed by atoms with van der Waals surface area (Å²) >= 11 is 0. The molecule has 4 aliphatic rings. The molecule has 0 spiro atoms. The first-order chi connectivity index (χ1) is 14.9. The molecule has 4 fully saturated rings. The molecule has 3 N–H and O–H groups in total. The van der Waals surface area contributed by atoms with E-state index in [1.807, 2.05) is 13.8 Å². The van der Waals surface area contributed by atoms with Crippen molar-refractivity contribution in [3.63, 3.8) is 0 Å². The van der Waals surface area contributed by atoms with Crippen LogP contribution in [-0.2, 0) is 33.2 Å². The van der Waals surface area contributed by atoms with Gasteiger partial charge in [-0.15, -0.1) is 0 Å². The van der Waals surface area contributed by atoms with E-state index in [4.69, 9.17) is 48.5 Å². The lowest BCUT2D eigenvalue weighted by molar-refractivity contribution is -0.150. The van der Waals surface area contributed by atoms with Crippen LogP contribution in [0.5, 0.6) is 0 Å². The molecule has 2 atom stereocenters. The number of hydrogen-bond donors (Lipinski definition) is 3. The minimum atomic E-state index is -0.409. The van der Waals surface area contributed by atoms with Gasteiger partial charge in [-0.2, -0.15) is 0 Å². The van der Waals surface area contributed by atoms with Gasteiger partial charge < -0.3 is 48.5 Å². The van der Waals surface area contributed by atoms with E-state index in [-0.39, 0.29) is 18.5 Å². The molecule has 4 heterocycles. The van der Waals surface area contributed by atoms with Crippen LogP contribution in [-0.4, -0.2) is 106 Å². The van der Waals surface area contributed by atoms with Crippen molar-refractivity contribution >= 4 is 0 Å². The maximum Gasteiger partial charge on any atom is 0.163 e. The SMILES string of the molecule is CCC1COC(C)(C)O1.OC1COCOC1.OCC1CCOCC1.OCC1COCO1. The summed E-state index contributed by atoms with van der Waals surface area (Å²) in [6.07, 6.45) is 2.96. The van der Waals surface area contributed by atoms with E-state index < -0.39 is 6.10 Å². The highest BCUT2D eigenvalue weighted by Gasteiger charge is 2.31. The van der Waals surface area contributed by atoms with Crippen LogP contribution in [0, 0.1) is 5.92 Å². The fourth-order valence-electron chi connectivity index (χ4n) is 2.85. The molecule has 0 aromatic rings. The first-order valence-electron chi connectivity index (χ1n) is 11.0. The van der Waals surface area contributed by atoms with Crippen LogP contribution in [0.2, 0.25) is 0 Å². The van der Waals surface area contributed by atoms with Crippen LogP contribution in [0.15, 0.2) is 0 Å². The van der Waals surface area contributed by atoms with Gasteiger partial charge in [-0.3, -0.25) is 0 Å². The van der Waals surface area contributed by atoms with Gasteiger partial charge in [-0.25, -0.2) is 0 Å². The lowest BCUT2D eigenvalue weighted by Crippen LogP contribution is -2.28. The predicted octanol–water partition coefficient (Wildman–Crippen LogP) is 0.656. The van der Waals surface area contributed by atoms with E-state index in [9.17, 15) is 0 Å². The molecule has 4 rings (SSSR count). The lowest BCUT2D eigenvalue weighted by Gasteiger charge is -2.18. The molecule has 0 aromatic heterocycles. The molecule has 2 unspecified atom stereocenters. The summed E-state index contributed by atoms with van der Waals surface area (Å²) in [6.45, 7) is 10.9. The van der Waals surface area contributed by atoms with Gasteiger partial charge in [-0.1, -0.05) is 6.92 Å². The van der Waals surface area contributed by atoms with E-state index >= 15 is 0 Å². The smallest absolute Gasteiger partial charge is 0.163 e. The Morgan fingerprint density at radius 1 is 0.806 bits per heavy atom. The first-order valence-corrected chi connectivity index (χ1v) is 11.0. The predicted molar refractivity (Wildman–Crippen MR) is 111 cm³/mol. The zero-order valence-electron chi connectivity index (χ0n) is 19.2. The third kappa shape index (κ3) is 14.4. The molecule has 0 aromatic carbocycles. The quantitative estimate of drug-likeness (QED) is 0.560. The van der Waals surface area contributed by atoms with Gasteiger partial charge in [0.25, 0.3) is 0 Å². The maximum absolute atomic E-state index is 8.66. The van der Waals surface area contributed by atoms with Crippen molar-refractivity contribution in [2.75, 3.05) is 66.4 Å². The van der Waals surface area contributed by atoms with Gasteiger partial charge in [0.2, 0.25) is 0 Å². The molecular formula is C21H42O10. The molecule has 0 radical (unpaired) electrons. The molecule has 0 saturated carbocycles. The summed E-state index contributed by atoms with van der Waals surface area (Å²) in [5, 5.41) is 25.7. The second-order valence-corrected chi connectivity index (χ2v) is 8.07. The lowest BCUT2D eigenvalue weighted by atomic mass is 10.0. The van der Waals surface area contributed by atoms with E-state index in [0.717, 1.165) is 39.1 Å². The van der Waals surface area contributed by atoms with Crippen molar-refractivity contribution in [1.82, 2.24) is 0 Å². The Hall–Kier alpha value is -0.400. The zero-order chi connectivity index (χ0) is 23.0. The second kappa shape index (κ2) is 17.1.